The van der Waals surface area contributed by atoms with Crippen molar-refractivity contribution >= 4 is 40.2 Å². The Bertz CT molecular complexity index is 1030. The van der Waals surface area contributed by atoms with Crippen molar-refractivity contribution in [3.63, 3.8) is 0 Å². The Labute approximate surface area is 192 Å². The summed E-state index contributed by atoms with van der Waals surface area (Å²) in [5.41, 5.74) is 12.6. The van der Waals surface area contributed by atoms with E-state index < -0.39 is 29.7 Å². The molecule has 2 rings (SSSR count). The number of amides is 3. The number of ketones is 2. The molecule has 1 heterocycles. The molecular formula is C24H32N4O5. The van der Waals surface area contributed by atoms with Gasteiger partial charge in [-0.25, -0.2) is 0 Å². The third kappa shape index (κ3) is 7.55. The number of aromatic amines is 1. The Hall–Kier alpha value is -3.49. The van der Waals surface area contributed by atoms with Gasteiger partial charge in [0.15, 0.2) is 5.78 Å². The molecule has 3 amide bonds. The van der Waals surface area contributed by atoms with E-state index in [0.29, 0.717) is 6.42 Å². The lowest BCUT2D eigenvalue weighted by Gasteiger charge is -2.20. The van der Waals surface area contributed by atoms with Crippen molar-refractivity contribution in [1.82, 2.24) is 10.3 Å². The molecule has 1 aromatic carbocycles. The van der Waals surface area contributed by atoms with Crippen molar-refractivity contribution < 1.29 is 24.0 Å². The Morgan fingerprint density at radius 1 is 1.03 bits per heavy atom. The van der Waals surface area contributed by atoms with Gasteiger partial charge in [-0.2, -0.15) is 0 Å². The zero-order valence-corrected chi connectivity index (χ0v) is 19.1. The third-order valence-corrected chi connectivity index (χ3v) is 5.77. The lowest BCUT2D eigenvalue weighted by atomic mass is 9.87. The quantitative estimate of drug-likeness (QED) is 0.338. The van der Waals surface area contributed by atoms with Crippen LogP contribution in [0.15, 0.2) is 30.5 Å². The first-order chi connectivity index (χ1) is 15.6. The molecule has 1 aromatic heterocycles. The molecule has 0 bridgehead atoms. The van der Waals surface area contributed by atoms with Crippen molar-refractivity contribution in [2.45, 2.75) is 58.4 Å². The van der Waals surface area contributed by atoms with Crippen LogP contribution in [-0.4, -0.2) is 40.3 Å². The van der Waals surface area contributed by atoms with Gasteiger partial charge >= 0.3 is 0 Å². The highest BCUT2D eigenvalue weighted by molar-refractivity contribution is 5.94. The standard InChI is InChI=1S/C24H32N4O5/c1-3-23(32)28-19(8-9-22(25)31)21(30)10-14(2)20(29)12-15(24(26)33)11-16-13-27-18-7-5-4-6-17(16)18/h4-7,13-15,19,27H,3,8-12H2,1-2H3,(H2,25,31)(H2,26,33)(H,28,32). The van der Waals surface area contributed by atoms with Crippen LogP contribution in [0.3, 0.4) is 0 Å². The average molecular weight is 457 g/mol. The molecule has 9 heteroatoms. The van der Waals surface area contributed by atoms with E-state index in [-0.39, 0.29) is 49.6 Å². The van der Waals surface area contributed by atoms with Crippen molar-refractivity contribution in [1.29, 1.82) is 0 Å². The SMILES string of the molecule is CCC(=O)NC(CCC(N)=O)C(=O)CC(C)C(=O)CC(Cc1c[nH]c2ccccc12)C(N)=O. The van der Waals surface area contributed by atoms with Gasteiger partial charge in [-0.3, -0.25) is 24.0 Å². The van der Waals surface area contributed by atoms with Crippen LogP contribution in [0.2, 0.25) is 0 Å². The van der Waals surface area contributed by atoms with Gasteiger partial charge in [0.1, 0.15) is 5.78 Å². The number of aromatic nitrogens is 1. The van der Waals surface area contributed by atoms with Crippen molar-refractivity contribution in [3.8, 4) is 0 Å². The molecule has 0 aliphatic carbocycles. The predicted octanol–water partition coefficient (Wildman–Crippen LogP) is 1.53. The minimum Gasteiger partial charge on any atom is -0.370 e. The Morgan fingerprint density at radius 2 is 1.73 bits per heavy atom. The number of para-hydroxylation sites is 1. The molecule has 0 saturated heterocycles. The summed E-state index contributed by atoms with van der Waals surface area (Å²) in [5, 5.41) is 3.55. The van der Waals surface area contributed by atoms with Crippen LogP contribution in [-0.2, 0) is 30.4 Å². The molecular weight excluding hydrogens is 424 g/mol. The fourth-order valence-corrected chi connectivity index (χ4v) is 3.74. The summed E-state index contributed by atoms with van der Waals surface area (Å²) < 4.78 is 0. The summed E-state index contributed by atoms with van der Waals surface area (Å²) >= 11 is 0. The Kier molecular flexibility index (Phi) is 9.32. The number of hydrogen-bond acceptors (Lipinski definition) is 5. The van der Waals surface area contributed by atoms with Gasteiger partial charge in [0.05, 0.1) is 6.04 Å². The van der Waals surface area contributed by atoms with E-state index in [2.05, 4.69) is 10.3 Å². The molecule has 6 N–H and O–H groups in total. The predicted molar refractivity (Wildman–Crippen MR) is 124 cm³/mol. The van der Waals surface area contributed by atoms with E-state index in [0.717, 1.165) is 16.5 Å². The summed E-state index contributed by atoms with van der Waals surface area (Å²) in [6, 6.07) is 6.75. The smallest absolute Gasteiger partial charge is 0.221 e. The maximum atomic E-state index is 12.8. The van der Waals surface area contributed by atoms with Crippen LogP contribution in [0.25, 0.3) is 10.9 Å². The molecule has 3 unspecified atom stereocenters. The number of benzene rings is 1. The molecule has 0 aliphatic heterocycles. The normalized spacial score (nSPS) is 13.8. The topological polar surface area (TPSA) is 165 Å². The number of nitrogens with two attached hydrogens (primary N) is 2. The van der Waals surface area contributed by atoms with Crippen LogP contribution >= 0.6 is 0 Å². The number of H-pyrrole nitrogens is 1. The highest BCUT2D eigenvalue weighted by Gasteiger charge is 2.28. The highest BCUT2D eigenvalue weighted by Crippen LogP contribution is 2.23. The second kappa shape index (κ2) is 11.9. The van der Waals surface area contributed by atoms with Gasteiger partial charge in [0.2, 0.25) is 17.7 Å². The van der Waals surface area contributed by atoms with Crippen LogP contribution in [0, 0.1) is 11.8 Å². The summed E-state index contributed by atoms with van der Waals surface area (Å²) in [4.78, 5) is 63.6. The molecule has 0 aliphatic rings. The fraction of sp³-hybridized carbons (Fsp3) is 0.458. The van der Waals surface area contributed by atoms with E-state index in [9.17, 15) is 24.0 Å². The van der Waals surface area contributed by atoms with Crippen molar-refractivity contribution in [2.75, 3.05) is 0 Å². The summed E-state index contributed by atoms with van der Waals surface area (Å²) in [7, 11) is 0. The lowest BCUT2D eigenvalue weighted by molar-refractivity contribution is -0.132. The number of primary amides is 2. The third-order valence-electron chi connectivity index (χ3n) is 5.77. The molecule has 3 atom stereocenters. The fourth-order valence-electron chi connectivity index (χ4n) is 3.74. The summed E-state index contributed by atoms with van der Waals surface area (Å²) in [6.45, 7) is 3.26. The van der Waals surface area contributed by atoms with Crippen LogP contribution in [0.1, 0.15) is 51.5 Å². The zero-order chi connectivity index (χ0) is 24.5. The molecule has 33 heavy (non-hydrogen) atoms. The molecule has 0 radical (unpaired) electrons. The van der Waals surface area contributed by atoms with Crippen molar-refractivity contribution in [3.05, 3.63) is 36.0 Å². The monoisotopic (exact) mass is 456 g/mol. The van der Waals surface area contributed by atoms with Crippen LogP contribution in [0.4, 0.5) is 0 Å². The number of nitrogens with one attached hydrogen (secondary N) is 2. The maximum Gasteiger partial charge on any atom is 0.221 e. The molecule has 2 aromatic rings. The molecule has 178 valence electrons. The van der Waals surface area contributed by atoms with Crippen LogP contribution in [0.5, 0.6) is 0 Å². The van der Waals surface area contributed by atoms with Gasteiger partial charge in [-0.15, -0.1) is 0 Å². The summed E-state index contributed by atoms with van der Waals surface area (Å²) in [6.07, 6.45) is 2.10. The molecule has 0 spiro atoms. The lowest BCUT2D eigenvalue weighted by Crippen LogP contribution is -2.42. The minimum atomic E-state index is -0.890. The average Bonchev–Trinajstić information content (AvgIpc) is 3.18. The first-order valence-corrected chi connectivity index (χ1v) is 11.1. The zero-order valence-electron chi connectivity index (χ0n) is 19.1. The number of hydrogen-bond donors (Lipinski definition) is 4. The van der Waals surface area contributed by atoms with Crippen molar-refractivity contribution in [2.24, 2.45) is 23.3 Å². The molecule has 0 saturated carbocycles. The van der Waals surface area contributed by atoms with E-state index in [4.69, 9.17) is 11.5 Å². The number of carbonyl (C=O) groups is 5. The Balaban J connectivity index is 2.03. The van der Waals surface area contributed by atoms with Gasteiger partial charge in [-0.05, 0) is 24.5 Å². The number of carbonyl (C=O) groups excluding carboxylic acids is 5. The van der Waals surface area contributed by atoms with E-state index in [1.165, 1.54) is 0 Å². The largest absolute Gasteiger partial charge is 0.370 e. The number of rotatable bonds is 14. The minimum absolute atomic E-state index is 0.0584. The van der Waals surface area contributed by atoms with E-state index >= 15 is 0 Å². The number of fused-ring (bicyclic) bond motifs is 1. The van der Waals surface area contributed by atoms with Gasteiger partial charge in [0, 0.05) is 54.6 Å². The Morgan fingerprint density at radius 3 is 2.36 bits per heavy atom. The van der Waals surface area contributed by atoms with E-state index in [1.54, 1.807) is 20.0 Å². The molecule has 0 fully saturated rings. The second-order valence-electron chi connectivity index (χ2n) is 8.38. The highest BCUT2D eigenvalue weighted by atomic mass is 16.2. The van der Waals surface area contributed by atoms with Gasteiger partial charge in [0.25, 0.3) is 0 Å². The van der Waals surface area contributed by atoms with Crippen LogP contribution < -0.4 is 16.8 Å². The first-order valence-electron chi connectivity index (χ1n) is 11.1. The van der Waals surface area contributed by atoms with Gasteiger partial charge < -0.3 is 21.8 Å². The number of Topliss-reactive ketones (excluding diaryl/α,β-unsaturated/α-hetero) is 2. The van der Waals surface area contributed by atoms with Gasteiger partial charge in [-0.1, -0.05) is 32.0 Å². The first kappa shape index (κ1) is 25.8. The van der Waals surface area contributed by atoms with E-state index in [1.807, 2.05) is 24.3 Å². The second-order valence-corrected chi connectivity index (χ2v) is 8.38. The summed E-state index contributed by atoms with van der Waals surface area (Å²) in [5.74, 6) is -3.49. The molecule has 9 nitrogen and oxygen atoms in total. The maximum absolute atomic E-state index is 12.8.